The number of rotatable bonds is 8. The maximum absolute atomic E-state index is 11.3. The van der Waals surface area contributed by atoms with Crippen molar-refractivity contribution in [1.29, 1.82) is 0 Å². The van der Waals surface area contributed by atoms with Gasteiger partial charge in [0.05, 0.1) is 32.0 Å². The molecular formula is C26H34O5Si. The zero-order valence-corrected chi connectivity index (χ0v) is 20.4. The van der Waals surface area contributed by atoms with Crippen LogP contribution in [-0.2, 0) is 18.7 Å². The molecule has 0 radical (unpaired) electrons. The molecular weight excluding hydrogens is 420 g/mol. The van der Waals surface area contributed by atoms with Crippen LogP contribution in [0.25, 0.3) is 0 Å². The Hall–Kier alpha value is -2.25. The first kappa shape index (κ1) is 24.4. The second-order valence-corrected chi connectivity index (χ2v) is 13.5. The number of methoxy groups -OCH3 is 1. The van der Waals surface area contributed by atoms with E-state index in [0.29, 0.717) is 19.4 Å². The highest BCUT2D eigenvalue weighted by molar-refractivity contribution is 6.99. The van der Waals surface area contributed by atoms with Gasteiger partial charge in [-0.05, 0) is 21.8 Å². The Labute approximate surface area is 192 Å². The summed E-state index contributed by atoms with van der Waals surface area (Å²) < 4.78 is 17.6. The van der Waals surface area contributed by atoms with E-state index in [9.17, 15) is 9.90 Å². The van der Waals surface area contributed by atoms with Gasteiger partial charge in [-0.15, -0.1) is 0 Å². The minimum Gasteiger partial charge on any atom is -0.466 e. The molecule has 6 heteroatoms. The number of carbonyl (C=O) groups is 1. The minimum absolute atomic E-state index is 0.115. The van der Waals surface area contributed by atoms with Crippen molar-refractivity contribution >= 4 is 24.7 Å². The summed E-state index contributed by atoms with van der Waals surface area (Å²) in [5.41, 5.74) is 0. The zero-order valence-electron chi connectivity index (χ0n) is 19.4. The molecule has 0 unspecified atom stereocenters. The predicted octanol–water partition coefficient (Wildman–Crippen LogP) is 3.20. The summed E-state index contributed by atoms with van der Waals surface area (Å²) in [6.45, 7) is 7.12. The van der Waals surface area contributed by atoms with E-state index in [2.05, 4.69) is 74.0 Å². The van der Waals surface area contributed by atoms with E-state index in [1.54, 1.807) is 6.08 Å². The summed E-state index contributed by atoms with van der Waals surface area (Å²) >= 11 is 0. The fourth-order valence-electron chi connectivity index (χ4n) is 4.48. The third kappa shape index (κ3) is 5.38. The van der Waals surface area contributed by atoms with E-state index in [0.717, 1.165) is 0 Å². The van der Waals surface area contributed by atoms with E-state index in [4.69, 9.17) is 9.16 Å². The number of carbonyl (C=O) groups excluding carboxylic acids is 1. The molecule has 1 aliphatic heterocycles. The topological polar surface area (TPSA) is 65.0 Å². The molecule has 0 amide bonds. The van der Waals surface area contributed by atoms with Crippen molar-refractivity contribution in [2.24, 2.45) is 0 Å². The van der Waals surface area contributed by atoms with Crippen molar-refractivity contribution in [3.63, 3.8) is 0 Å². The number of aliphatic hydroxyl groups excluding tert-OH is 1. The third-order valence-corrected chi connectivity index (χ3v) is 11.0. The monoisotopic (exact) mass is 454 g/mol. The van der Waals surface area contributed by atoms with Crippen molar-refractivity contribution in [2.45, 2.75) is 57.0 Å². The molecule has 2 aromatic carbocycles. The van der Waals surface area contributed by atoms with Crippen LogP contribution in [0.3, 0.4) is 0 Å². The summed E-state index contributed by atoms with van der Waals surface area (Å²) in [7, 11) is -1.30. The van der Waals surface area contributed by atoms with Crippen LogP contribution in [0.2, 0.25) is 5.04 Å². The number of aliphatic hydroxyl groups is 1. The van der Waals surface area contributed by atoms with Crippen molar-refractivity contribution in [2.75, 3.05) is 13.7 Å². The van der Waals surface area contributed by atoms with Gasteiger partial charge in [-0.3, -0.25) is 0 Å². The highest BCUT2D eigenvalue weighted by Crippen LogP contribution is 2.37. The number of ether oxygens (including phenoxy) is 2. The van der Waals surface area contributed by atoms with Gasteiger partial charge in [0, 0.05) is 12.5 Å². The lowest BCUT2D eigenvalue weighted by Gasteiger charge is -2.43. The van der Waals surface area contributed by atoms with Gasteiger partial charge in [0.1, 0.15) is 0 Å². The standard InChI is InChI=1S/C26H34O5Si/c1-26(2,3)32(21-12-7-5-8-13-21,22-14-9-6-10-15-22)30-19-20-18-23(27)24(31-20)16-11-17-25(28)29-4/h5-15,17,20,23-24,27H,16,18-19H2,1-4H3/b17-11-/t20-,23-,24-/m0/s1. The number of hydrogen-bond donors (Lipinski definition) is 1. The van der Waals surface area contributed by atoms with E-state index in [1.807, 2.05) is 12.1 Å². The first-order chi connectivity index (χ1) is 15.3. The largest absolute Gasteiger partial charge is 0.466 e. The molecule has 2 aromatic rings. The number of benzene rings is 2. The van der Waals surface area contributed by atoms with Crippen LogP contribution >= 0.6 is 0 Å². The minimum atomic E-state index is -2.64. The lowest BCUT2D eigenvalue weighted by atomic mass is 10.1. The summed E-state index contributed by atoms with van der Waals surface area (Å²) in [5.74, 6) is -0.413. The van der Waals surface area contributed by atoms with Gasteiger partial charge in [-0.2, -0.15) is 0 Å². The van der Waals surface area contributed by atoms with Crippen LogP contribution in [0.1, 0.15) is 33.6 Å². The molecule has 1 fully saturated rings. The van der Waals surface area contributed by atoms with Gasteiger partial charge in [0.15, 0.2) is 0 Å². The molecule has 5 nitrogen and oxygen atoms in total. The molecule has 1 aliphatic rings. The highest BCUT2D eigenvalue weighted by Gasteiger charge is 2.50. The van der Waals surface area contributed by atoms with E-state index in [-0.39, 0.29) is 17.2 Å². The Kier molecular flexibility index (Phi) is 8.06. The van der Waals surface area contributed by atoms with Gasteiger partial charge in [-0.1, -0.05) is 87.5 Å². The Morgan fingerprint density at radius 2 is 1.66 bits per heavy atom. The van der Waals surface area contributed by atoms with Crippen LogP contribution in [-0.4, -0.2) is 51.4 Å². The SMILES string of the molecule is COC(=O)/C=C\C[C@@H]1O[C@H](CO[Si](c2ccccc2)(c2ccccc2)C(C)(C)C)C[C@@H]1O. The van der Waals surface area contributed by atoms with Gasteiger partial charge in [0.2, 0.25) is 0 Å². The predicted molar refractivity (Wildman–Crippen MR) is 129 cm³/mol. The Morgan fingerprint density at radius 3 is 2.16 bits per heavy atom. The first-order valence-electron chi connectivity index (χ1n) is 11.1. The molecule has 0 spiro atoms. The third-order valence-electron chi connectivity index (χ3n) is 6.03. The maximum Gasteiger partial charge on any atom is 0.330 e. The second-order valence-electron chi connectivity index (χ2n) is 9.24. The average molecular weight is 455 g/mol. The molecule has 3 atom stereocenters. The number of esters is 1. The Balaban J connectivity index is 1.81. The molecule has 32 heavy (non-hydrogen) atoms. The van der Waals surface area contributed by atoms with Crippen LogP contribution in [0, 0.1) is 0 Å². The van der Waals surface area contributed by atoms with Crippen LogP contribution in [0.4, 0.5) is 0 Å². The first-order valence-corrected chi connectivity index (χ1v) is 13.0. The van der Waals surface area contributed by atoms with Crippen LogP contribution < -0.4 is 10.4 Å². The van der Waals surface area contributed by atoms with Gasteiger partial charge in [-0.25, -0.2) is 4.79 Å². The molecule has 1 saturated heterocycles. The lowest BCUT2D eigenvalue weighted by Crippen LogP contribution is -2.67. The zero-order chi connectivity index (χ0) is 23.2. The Morgan fingerprint density at radius 1 is 1.09 bits per heavy atom. The normalized spacial score (nSPS) is 21.7. The average Bonchev–Trinajstić information content (AvgIpc) is 3.14. The summed E-state index contributed by atoms with van der Waals surface area (Å²) in [6.07, 6.45) is 2.85. The van der Waals surface area contributed by atoms with Crippen LogP contribution in [0.15, 0.2) is 72.8 Å². The molecule has 0 aliphatic carbocycles. The molecule has 0 bridgehead atoms. The number of hydrogen-bond acceptors (Lipinski definition) is 5. The molecule has 0 aromatic heterocycles. The highest BCUT2D eigenvalue weighted by atomic mass is 28.4. The van der Waals surface area contributed by atoms with Crippen LogP contribution in [0.5, 0.6) is 0 Å². The van der Waals surface area contributed by atoms with E-state index in [1.165, 1.54) is 23.6 Å². The quantitative estimate of drug-likeness (QED) is 0.377. The molecule has 172 valence electrons. The maximum atomic E-state index is 11.3. The molecule has 1 heterocycles. The fraction of sp³-hybridized carbons (Fsp3) is 0.423. The van der Waals surface area contributed by atoms with Gasteiger partial charge >= 0.3 is 5.97 Å². The van der Waals surface area contributed by atoms with Crippen molar-refractivity contribution in [3.05, 3.63) is 72.8 Å². The summed E-state index contributed by atoms with van der Waals surface area (Å²) in [4.78, 5) is 11.3. The van der Waals surface area contributed by atoms with Crippen molar-refractivity contribution < 1.29 is 23.8 Å². The summed E-state index contributed by atoms with van der Waals surface area (Å²) in [6, 6.07) is 21.0. The molecule has 3 rings (SSSR count). The Bertz CT molecular complexity index is 852. The van der Waals surface area contributed by atoms with Gasteiger partial charge in [0.25, 0.3) is 8.32 Å². The lowest BCUT2D eigenvalue weighted by molar-refractivity contribution is -0.134. The van der Waals surface area contributed by atoms with E-state index < -0.39 is 20.4 Å². The summed E-state index contributed by atoms with van der Waals surface area (Å²) in [5, 5.41) is 12.8. The second kappa shape index (κ2) is 10.6. The van der Waals surface area contributed by atoms with Crippen molar-refractivity contribution in [3.8, 4) is 0 Å². The fourth-order valence-corrected chi connectivity index (χ4v) is 9.07. The molecule has 1 N–H and O–H groups in total. The van der Waals surface area contributed by atoms with Gasteiger partial charge < -0.3 is 19.0 Å². The van der Waals surface area contributed by atoms with Crippen molar-refractivity contribution in [1.82, 2.24) is 0 Å². The smallest absolute Gasteiger partial charge is 0.330 e. The molecule has 0 saturated carbocycles. The van der Waals surface area contributed by atoms with E-state index >= 15 is 0 Å².